The molecule has 1 aliphatic heterocycles. The summed E-state index contributed by atoms with van der Waals surface area (Å²) in [6.07, 6.45) is 4.04. The SMILES string of the molecule is C=CCN(C(=O)Cc1ccc(F)cc1)C1CCNCC1.CC. The minimum Gasteiger partial charge on any atom is -0.336 e. The Morgan fingerprint density at radius 2 is 1.91 bits per heavy atom. The maximum absolute atomic E-state index is 12.9. The highest BCUT2D eigenvalue weighted by Crippen LogP contribution is 2.14. The van der Waals surface area contributed by atoms with E-state index in [9.17, 15) is 9.18 Å². The van der Waals surface area contributed by atoms with Gasteiger partial charge in [-0.15, -0.1) is 6.58 Å². The van der Waals surface area contributed by atoms with Crippen LogP contribution in [0.2, 0.25) is 0 Å². The van der Waals surface area contributed by atoms with Gasteiger partial charge in [-0.3, -0.25) is 4.79 Å². The van der Waals surface area contributed by atoms with Gasteiger partial charge in [-0.1, -0.05) is 32.1 Å². The molecule has 0 radical (unpaired) electrons. The van der Waals surface area contributed by atoms with Gasteiger partial charge in [0.1, 0.15) is 5.82 Å². The van der Waals surface area contributed by atoms with Gasteiger partial charge in [0.05, 0.1) is 6.42 Å². The Bertz CT molecular complexity index is 453. The van der Waals surface area contributed by atoms with Gasteiger partial charge in [-0.05, 0) is 43.6 Å². The lowest BCUT2D eigenvalue weighted by Crippen LogP contribution is -2.46. The standard InChI is InChI=1S/C16H21FN2O.C2H6/c1-2-11-19(15-7-9-18-10-8-15)16(20)12-13-3-5-14(17)6-4-13;1-2/h2-6,15,18H,1,7-12H2;1-2H3. The number of piperidine rings is 1. The molecule has 2 rings (SSSR count). The number of nitrogens with one attached hydrogen (secondary N) is 1. The van der Waals surface area contributed by atoms with Gasteiger partial charge in [0.2, 0.25) is 5.91 Å². The van der Waals surface area contributed by atoms with Crippen molar-refractivity contribution in [3.05, 3.63) is 48.3 Å². The summed E-state index contributed by atoms with van der Waals surface area (Å²) in [7, 11) is 0. The summed E-state index contributed by atoms with van der Waals surface area (Å²) < 4.78 is 12.9. The average Bonchev–Trinajstić information content (AvgIpc) is 2.57. The van der Waals surface area contributed by atoms with E-state index in [1.54, 1.807) is 18.2 Å². The minimum atomic E-state index is -0.275. The molecule has 0 unspecified atom stereocenters. The largest absolute Gasteiger partial charge is 0.336 e. The van der Waals surface area contributed by atoms with E-state index in [1.165, 1.54) is 12.1 Å². The summed E-state index contributed by atoms with van der Waals surface area (Å²) in [6, 6.07) is 6.40. The van der Waals surface area contributed by atoms with Crippen LogP contribution in [0.4, 0.5) is 4.39 Å². The normalized spacial score (nSPS) is 14.7. The van der Waals surface area contributed by atoms with Crippen molar-refractivity contribution in [1.82, 2.24) is 10.2 Å². The van der Waals surface area contributed by atoms with E-state index in [2.05, 4.69) is 11.9 Å². The minimum absolute atomic E-state index is 0.0865. The lowest BCUT2D eigenvalue weighted by atomic mass is 10.0. The number of benzene rings is 1. The van der Waals surface area contributed by atoms with Crippen LogP contribution in [0.3, 0.4) is 0 Å². The number of nitrogens with zero attached hydrogens (tertiary/aromatic N) is 1. The molecule has 0 spiro atoms. The van der Waals surface area contributed by atoms with Gasteiger partial charge in [0.25, 0.3) is 0 Å². The van der Waals surface area contributed by atoms with Crippen LogP contribution in [0.25, 0.3) is 0 Å². The molecule has 0 atom stereocenters. The van der Waals surface area contributed by atoms with E-state index in [4.69, 9.17) is 0 Å². The van der Waals surface area contributed by atoms with Crippen molar-refractivity contribution in [2.75, 3.05) is 19.6 Å². The van der Waals surface area contributed by atoms with Crippen molar-refractivity contribution in [2.24, 2.45) is 0 Å². The predicted molar refractivity (Wildman–Crippen MR) is 89.3 cm³/mol. The van der Waals surface area contributed by atoms with E-state index in [0.717, 1.165) is 31.5 Å². The average molecular weight is 306 g/mol. The molecule has 0 bridgehead atoms. The molecule has 3 nitrogen and oxygen atoms in total. The highest BCUT2D eigenvalue weighted by Gasteiger charge is 2.24. The van der Waals surface area contributed by atoms with Crippen molar-refractivity contribution < 1.29 is 9.18 Å². The van der Waals surface area contributed by atoms with Crippen LogP contribution < -0.4 is 5.32 Å². The third-order valence-corrected chi connectivity index (χ3v) is 3.66. The quantitative estimate of drug-likeness (QED) is 0.848. The Balaban J connectivity index is 0.00000116. The van der Waals surface area contributed by atoms with Gasteiger partial charge < -0.3 is 10.2 Å². The number of amides is 1. The fraction of sp³-hybridized carbons (Fsp3) is 0.500. The summed E-state index contributed by atoms with van der Waals surface area (Å²) in [4.78, 5) is 14.4. The summed E-state index contributed by atoms with van der Waals surface area (Å²) in [5, 5.41) is 3.30. The lowest BCUT2D eigenvalue weighted by Gasteiger charge is -2.34. The molecule has 22 heavy (non-hydrogen) atoms. The molecule has 1 N–H and O–H groups in total. The number of carbonyl (C=O) groups excluding carboxylic acids is 1. The molecule has 1 fully saturated rings. The maximum atomic E-state index is 12.9. The monoisotopic (exact) mass is 306 g/mol. The van der Waals surface area contributed by atoms with Crippen LogP contribution >= 0.6 is 0 Å². The third-order valence-electron chi connectivity index (χ3n) is 3.66. The first-order chi connectivity index (χ1) is 10.7. The summed E-state index contributed by atoms with van der Waals surface area (Å²) in [5.41, 5.74) is 0.847. The molecule has 1 heterocycles. The topological polar surface area (TPSA) is 32.3 Å². The van der Waals surface area contributed by atoms with Gasteiger partial charge in [0, 0.05) is 12.6 Å². The number of rotatable bonds is 5. The second-order valence-electron chi connectivity index (χ2n) is 5.12. The zero-order chi connectivity index (χ0) is 16.4. The van der Waals surface area contributed by atoms with Crippen molar-refractivity contribution in [2.45, 2.75) is 39.2 Å². The second kappa shape index (κ2) is 10.1. The molecule has 1 saturated heterocycles. The van der Waals surface area contributed by atoms with E-state index >= 15 is 0 Å². The summed E-state index contributed by atoms with van der Waals surface area (Å²) >= 11 is 0. The summed E-state index contributed by atoms with van der Waals surface area (Å²) in [5.74, 6) is -0.189. The lowest BCUT2D eigenvalue weighted by molar-refractivity contribution is -0.132. The predicted octanol–water partition coefficient (Wildman–Crippen LogP) is 3.16. The number of hydrogen-bond acceptors (Lipinski definition) is 2. The van der Waals surface area contributed by atoms with E-state index in [0.29, 0.717) is 13.0 Å². The van der Waals surface area contributed by atoms with Crippen LogP contribution in [-0.2, 0) is 11.2 Å². The maximum Gasteiger partial charge on any atom is 0.227 e. The van der Waals surface area contributed by atoms with Crippen LogP contribution in [-0.4, -0.2) is 36.5 Å². The zero-order valence-corrected chi connectivity index (χ0v) is 13.6. The van der Waals surface area contributed by atoms with Crippen molar-refractivity contribution >= 4 is 5.91 Å². The molecule has 122 valence electrons. The Kier molecular flexibility index (Phi) is 8.44. The van der Waals surface area contributed by atoms with Crippen LogP contribution in [0.5, 0.6) is 0 Å². The third kappa shape index (κ3) is 5.60. The molecule has 4 heteroatoms. The number of hydrogen-bond donors (Lipinski definition) is 1. The summed E-state index contributed by atoms with van der Waals surface area (Å²) in [6.45, 7) is 10.2. The molecule has 1 amide bonds. The van der Waals surface area contributed by atoms with Crippen LogP contribution in [0.15, 0.2) is 36.9 Å². The number of halogens is 1. The fourth-order valence-electron chi connectivity index (χ4n) is 2.59. The highest BCUT2D eigenvalue weighted by atomic mass is 19.1. The zero-order valence-electron chi connectivity index (χ0n) is 13.6. The first kappa shape index (κ1) is 18.4. The Hall–Kier alpha value is -1.68. The number of carbonyl (C=O) groups is 1. The van der Waals surface area contributed by atoms with Gasteiger partial charge >= 0.3 is 0 Å². The van der Waals surface area contributed by atoms with E-state index in [1.807, 2.05) is 18.7 Å². The molecule has 0 aliphatic carbocycles. The smallest absolute Gasteiger partial charge is 0.227 e. The Morgan fingerprint density at radius 3 is 2.45 bits per heavy atom. The van der Waals surface area contributed by atoms with Crippen molar-refractivity contribution in [3.8, 4) is 0 Å². The van der Waals surface area contributed by atoms with E-state index < -0.39 is 0 Å². The fourth-order valence-corrected chi connectivity index (χ4v) is 2.59. The molecule has 1 aromatic carbocycles. The van der Waals surface area contributed by atoms with Gasteiger partial charge in [0.15, 0.2) is 0 Å². The van der Waals surface area contributed by atoms with Crippen molar-refractivity contribution in [1.29, 1.82) is 0 Å². The molecular weight excluding hydrogens is 279 g/mol. The van der Waals surface area contributed by atoms with Crippen LogP contribution in [0.1, 0.15) is 32.3 Å². The first-order valence-electron chi connectivity index (χ1n) is 8.06. The molecule has 1 aromatic rings. The Labute approximate surface area is 133 Å². The molecule has 1 aliphatic rings. The second-order valence-corrected chi connectivity index (χ2v) is 5.12. The molecule has 0 saturated carbocycles. The van der Waals surface area contributed by atoms with E-state index in [-0.39, 0.29) is 17.8 Å². The van der Waals surface area contributed by atoms with Crippen molar-refractivity contribution in [3.63, 3.8) is 0 Å². The first-order valence-corrected chi connectivity index (χ1v) is 8.06. The Morgan fingerprint density at radius 1 is 1.32 bits per heavy atom. The van der Waals surface area contributed by atoms with Gasteiger partial charge in [-0.2, -0.15) is 0 Å². The highest BCUT2D eigenvalue weighted by molar-refractivity contribution is 5.79. The molecular formula is C18H27FN2O. The van der Waals surface area contributed by atoms with Crippen LogP contribution in [0, 0.1) is 5.82 Å². The molecule has 0 aromatic heterocycles. The van der Waals surface area contributed by atoms with Gasteiger partial charge in [-0.25, -0.2) is 4.39 Å².